The van der Waals surface area contributed by atoms with Gasteiger partial charge in [0, 0.05) is 36.3 Å². The molecule has 0 saturated carbocycles. The molecular weight excluding hydrogens is 584 g/mol. The maximum Gasteiger partial charge on any atom is 0.253 e. The maximum atomic E-state index is 13.3. The molecule has 0 spiro atoms. The van der Waals surface area contributed by atoms with Gasteiger partial charge in [-0.05, 0) is 86.9 Å². The number of hydrogen-bond donors (Lipinski definition) is 2. The van der Waals surface area contributed by atoms with Gasteiger partial charge in [0.05, 0.1) is 40.6 Å². The van der Waals surface area contributed by atoms with Crippen LogP contribution in [0.1, 0.15) is 64.9 Å². The Kier molecular flexibility index (Phi) is 11.4. The summed E-state index contributed by atoms with van der Waals surface area (Å²) in [6.45, 7) is 4.00. The van der Waals surface area contributed by atoms with Gasteiger partial charge >= 0.3 is 0 Å². The number of amides is 1. The lowest BCUT2D eigenvalue weighted by Gasteiger charge is -2.35. The monoisotopic (exact) mass is 632 g/mol. The molecule has 0 bridgehead atoms. The molecule has 0 unspecified atom stereocenters. The Bertz CT molecular complexity index is 1430. The van der Waals surface area contributed by atoms with Crippen LogP contribution in [-0.2, 0) is 6.42 Å². The average Bonchev–Trinajstić information content (AvgIpc) is 3.12. The number of aliphatic hydroxyl groups excluding tert-OH is 2. The predicted octanol–water partition coefficient (Wildman–Crippen LogP) is 5.29. The Labute approximate surface area is 272 Å². The second-order valence-electron chi connectivity index (χ2n) is 12.3. The topological polar surface area (TPSA) is 101 Å². The minimum absolute atomic E-state index is 0.0328. The summed E-state index contributed by atoms with van der Waals surface area (Å²) in [5.74, 6) is 2.63. The molecule has 2 fully saturated rings. The van der Waals surface area contributed by atoms with Crippen molar-refractivity contribution in [1.82, 2.24) is 9.80 Å². The highest BCUT2D eigenvalue weighted by Crippen LogP contribution is 2.41. The van der Waals surface area contributed by atoms with E-state index in [1.165, 1.54) is 5.56 Å². The van der Waals surface area contributed by atoms with E-state index in [4.69, 9.17) is 18.9 Å². The first kappa shape index (κ1) is 33.6. The standard InChI is InChI=1S/C37H48N2O7/c1-43-31-9-5-7-29(35(31)45-3)33(40)26-16-21-38(22-17-26)20-15-25-11-13-28(14-12-25)37(42)39-23-18-27(19-24-39)34(41)30-8-6-10-32(44-2)36(30)46-4/h5-14,26-27,33-34,40-41H,15-24H2,1-4H3/t33-,34-/m1/s1. The molecule has 2 saturated heterocycles. The number of carbonyl (C=O) groups excluding carboxylic acids is 1. The Morgan fingerprint density at radius 2 is 1.17 bits per heavy atom. The van der Waals surface area contributed by atoms with E-state index in [1.807, 2.05) is 53.4 Å². The SMILES string of the molecule is COc1cccc([C@H](O)C2CCN(CCc3ccc(C(=O)N4CCC([C@@H](O)c5cccc(OC)c5OC)CC4)cc3)CC2)c1OC. The third-order valence-electron chi connectivity index (χ3n) is 9.77. The van der Waals surface area contributed by atoms with Crippen molar-refractivity contribution in [2.24, 2.45) is 11.8 Å². The van der Waals surface area contributed by atoms with Gasteiger partial charge in [0.1, 0.15) is 0 Å². The van der Waals surface area contributed by atoms with Gasteiger partial charge in [0.15, 0.2) is 23.0 Å². The molecule has 2 heterocycles. The van der Waals surface area contributed by atoms with Crippen molar-refractivity contribution in [3.8, 4) is 23.0 Å². The third kappa shape index (κ3) is 7.43. The van der Waals surface area contributed by atoms with Crippen LogP contribution in [0.4, 0.5) is 0 Å². The van der Waals surface area contributed by atoms with Gasteiger partial charge in [-0.2, -0.15) is 0 Å². The zero-order valence-electron chi connectivity index (χ0n) is 27.5. The van der Waals surface area contributed by atoms with Crippen LogP contribution in [0.15, 0.2) is 60.7 Å². The van der Waals surface area contributed by atoms with E-state index in [0.29, 0.717) is 54.5 Å². The van der Waals surface area contributed by atoms with Crippen molar-refractivity contribution < 1.29 is 34.0 Å². The molecule has 9 nitrogen and oxygen atoms in total. The largest absolute Gasteiger partial charge is 0.493 e. The molecular formula is C37H48N2O7. The molecule has 2 N–H and O–H groups in total. The highest BCUT2D eigenvalue weighted by Gasteiger charge is 2.31. The summed E-state index contributed by atoms with van der Waals surface area (Å²) >= 11 is 0. The van der Waals surface area contributed by atoms with E-state index in [0.717, 1.165) is 50.0 Å². The number of benzene rings is 3. The first-order valence-electron chi connectivity index (χ1n) is 16.3. The zero-order valence-corrected chi connectivity index (χ0v) is 27.5. The highest BCUT2D eigenvalue weighted by atomic mass is 16.5. The highest BCUT2D eigenvalue weighted by molar-refractivity contribution is 5.94. The van der Waals surface area contributed by atoms with Crippen molar-refractivity contribution >= 4 is 5.91 Å². The van der Waals surface area contributed by atoms with Crippen molar-refractivity contribution in [3.05, 3.63) is 82.9 Å². The van der Waals surface area contributed by atoms with Crippen LogP contribution in [-0.4, -0.2) is 87.1 Å². The number of para-hydroxylation sites is 2. The number of carbonyl (C=O) groups is 1. The molecule has 0 radical (unpaired) electrons. The van der Waals surface area contributed by atoms with Gasteiger partial charge < -0.3 is 39.0 Å². The van der Waals surface area contributed by atoms with Crippen LogP contribution in [0.3, 0.4) is 0 Å². The number of piperidine rings is 2. The molecule has 0 aromatic heterocycles. The van der Waals surface area contributed by atoms with Gasteiger partial charge in [0.2, 0.25) is 0 Å². The van der Waals surface area contributed by atoms with E-state index < -0.39 is 12.2 Å². The van der Waals surface area contributed by atoms with E-state index in [9.17, 15) is 15.0 Å². The molecule has 3 aromatic carbocycles. The Hall–Kier alpha value is -3.79. The van der Waals surface area contributed by atoms with E-state index in [1.54, 1.807) is 28.4 Å². The fourth-order valence-corrected chi connectivity index (χ4v) is 6.99. The molecule has 2 aliphatic heterocycles. The van der Waals surface area contributed by atoms with Crippen LogP contribution in [0.2, 0.25) is 0 Å². The summed E-state index contributed by atoms with van der Waals surface area (Å²) in [6, 6.07) is 19.2. The van der Waals surface area contributed by atoms with Crippen molar-refractivity contribution in [2.45, 2.75) is 44.3 Å². The molecule has 5 rings (SSSR count). The van der Waals surface area contributed by atoms with Crippen LogP contribution in [0, 0.1) is 11.8 Å². The quantitative estimate of drug-likeness (QED) is 0.278. The summed E-state index contributed by atoms with van der Waals surface area (Å²) < 4.78 is 21.9. The third-order valence-corrected chi connectivity index (χ3v) is 9.77. The minimum Gasteiger partial charge on any atom is -0.493 e. The van der Waals surface area contributed by atoms with Crippen LogP contribution in [0.5, 0.6) is 23.0 Å². The number of methoxy groups -OCH3 is 4. The number of likely N-dealkylation sites (tertiary alicyclic amines) is 2. The summed E-state index contributed by atoms with van der Waals surface area (Å²) in [6.07, 6.45) is 2.88. The lowest BCUT2D eigenvalue weighted by molar-refractivity contribution is 0.0452. The summed E-state index contributed by atoms with van der Waals surface area (Å²) in [5, 5.41) is 22.3. The van der Waals surface area contributed by atoms with E-state index in [-0.39, 0.29) is 17.7 Å². The molecule has 1 amide bonds. The second-order valence-corrected chi connectivity index (χ2v) is 12.3. The molecule has 2 aliphatic rings. The van der Waals surface area contributed by atoms with Crippen LogP contribution >= 0.6 is 0 Å². The number of rotatable bonds is 12. The Morgan fingerprint density at radius 1 is 0.696 bits per heavy atom. The average molecular weight is 633 g/mol. The molecule has 46 heavy (non-hydrogen) atoms. The van der Waals surface area contributed by atoms with Gasteiger partial charge in [-0.15, -0.1) is 0 Å². The van der Waals surface area contributed by atoms with E-state index in [2.05, 4.69) is 17.0 Å². The van der Waals surface area contributed by atoms with Gasteiger partial charge in [0.25, 0.3) is 5.91 Å². The lowest BCUT2D eigenvalue weighted by atomic mass is 9.86. The first-order chi connectivity index (χ1) is 22.4. The number of hydrogen-bond acceptors (Lipinski definition) is 8. The second kappa shape index (κ2) is 15.7. The van der Waals surface area contributed by atoms with Crippen molar-refractivity contribution in [1.29, 1.82) is 0 Å². The summed E-state index contributed by atoms with van der Waals surface area (Å²) in [4.78, 5) is 17.6. The maximum absolute atomic E-state index is 13.3. The molecule has 3 aromatic rings. The smallest absolute Gasteiger partial charge is 0.253 e. The number of nitrogens with zero attached hydrogens (tertiary/aromatic N) is 2. The van der Waals surface area contributed by atoms with Gasteiger partial charge in [-0.3, -0.25) is 4.79 Å². The normalized spacial score (nSPS) is 17.7. The summed E-state index contributed by atoms with van der Waals surface area (Å²) in [7, 11) is 6.39. The minimum atomic E-state index is -0.686. The van der Waals surface area contributed by atoms with Crippen LogP contribution in [0.25, 0.3) is 0 Å². The molecule has 2 atom stereocenters. The van der Waals surface area contributed by atoms with Crippen LogP contribution < -0.4 is 18.9 Å². The fraction of sp³-hybridized carbons (Fsp3) is 0.486. The first-order valence-corrected chi connectivity index (χ1v) is 16.3. The van der Waals surface area contributed by atoms with Gasteiger partial charge in [-0.1, -0.05) is 36.4 Å². The zero-order chi connectivity index (χ0) is 32.6. The molecule has 9 heteroatoms. The lowest BCUT2D eigenvalue weighted by Crippen LogP contribution is -2.39. The molecule has 0 aliphatic carbocycles. The molecule has 248 valence electrons. The van der Waals surface area contributed by atoms with Gasteiger partial charge in [-0.25, -0.2) is 0 Å². The Balaban J connectivity index is 1.07. The summed E-state index contributed by atoms with van der Waals surface area (Å²) in [5.41, 5.74) is 3.40. The predicted molar refractivity (Wildman–Crippen MR) is 177 cm³/mol. The number of ether oxygens (including phenoxy) is 4. The fourth-order valence-electron chi connectivity index (χ4n) is 6.99. The van der Waals surface area contributed by atoms with E-state index >= 15 is 0 Å². The van der Waals surface area contributed by atoms with Crippen molar-refractivity contribution in [2.75, 3.05) is 61.2 Å². The number of aliphatic hydroxyl groups is 2. The Morgan fingerprint density at radius 3 is 1.63 bits per heavy atom. The van der Waals surface area contributed by atoms with Crippen molar-refractivity contribution in [3.63, 3.8) is 0 Å².